The number of carboxylic acid groups (broad SMARTS) is 1. The number of aliphatic carboxylic acids is 1. The van der Waals surface area contributed by atoms with Crippen LogP contribution in [-0.2, 0) is 11.3 Å². The smallest absolute Gasteiger partial charge is 0.328 e. The molecule has 0 aliphatic heterocycles. The molecule has 0 bridgehead atoms. The van der Waals surface area contributed by atoms with Crippen molar-refractivity contribution < 1.29 is 14.7 Å². The number of carbonyl (C=O) groups excluding carboxylic acids is 1. The third-order valence-electron chi connectivity index (χ3n) is 2.85. The summed E-state index contributed by atoms with van der Waals surface area (Å²) in [5, 5.41) is 11.5. The Hall–Kier alpha value is -2.40. The number of hydrogen-bond donors (Lipinski definition) is 2. The molecular weight excluding hydrogens is 286 g/mol. The van der Waals surface area contributed by atoms with E-state index >= 15 is 0 Å². The number of amides is 1. The predicted octanol–water partition coefficient (Wildman–Crippen LogP) is 3.08. The summed E-state index contributed by atoms with van der Waals surface area (Å²) in [6.07, 6.45) is 2.58. The lowest BCUT2D eigenvalue weighted by atomic mass is 10.2. The largest absolute Gasteiger partial charge is 0.478 e. The number of nitrogens with one attached hydrogen (secondary N) is 1. The summed E-state index contributed by atoms with van der Waals surface area (Å²) in [5.41, 5.74) is 1.92. The quantitative estimate of drug-likeness (QED) is 0.834. The maximum Gasteiger partial charge on any atom is 0.328 e. The second-order valence-corrected chi connectivity index (χ2v) is 5.58. The first-order valence-corrected chi connectivity index (χ1v) is 7.21. The molecule has 0 saturated heterocycles. The first-order chi connectivity index (χ1) is 10.1. The molecule has 2 N–H and O–H groups in total. The number of aryl methyl sites for hydroxylation is 1. The van der Waals surface area contributed by atoms with Crippen LogP contribution in [0.15, 0.2) is 42.5 Å². The van der Waals surface area contributed by atoms with Crippen molar-refractivity contribution in [3.63, 3.8) is 0 Å². The summed E-state index contributed by atoms with van der Waals surface area (Å²) < 4.78 is 0. The van der Waals surface area contributed by atoms with Gasteiger partial charge in [-0.05, 0) is 30.2 Å². The van der Waals surface area contributed by atoms with Gasteiger partial charge in [0, 0.05) is 17.5 Å². The Morgan fingerprint density at radius 2 is 2.00 bits per heavy atom. The van der Waals surface area contributed by atoms with Gasteiger partial charge in [0.25, 0.3) is 5.91 Å². The molecule has 0 atom stereocenters. The molecule has 0 aliphatic rings. The highest BCUT2D eigenvalue weighted by molar-refractivity contribution is 7.15. The second-order valence-electron chi connectivity index (χ2n) is 4.50. The SMILES string of the molecule is Cc1cc(C(=O)NCc2ccccc2)sc1/C=C/C(=O)O. The van der Waals surface area contributed by atoms with Crippen LogP contribution >= 0.6 is 11.3 Å². The van der Waals surface area contributed by atoms with Gasteiger partial charge in [-0.15, -0.1) is 11.3 Å². The standard InChI is InChI=1S/C16H15NO3S/c1-11-9-14(21-13(11)7-8-15(18)19)16(20)17-10-12-5-3-2-4-6-12/h2-9H,10H2,1H3,(H,17,20)(H,18,19)/b8-7+. The lowest BCUT2D eigenvalue weighted by Crippen LogP contribution is -2.21. The lowest BCUT2D eigenvalue weighted by molar-refractivity contribution is -0.131. The van der Waals surface area contributed by atoms with Crippen LogP contribution in [0.25, 0.3) is 6.08 Å². The molecule has 1 heterocycles. The van der Waals surface area contributed by atoms with E-state index in [1.54, 1.807) is 6.07 Å². The van der Waals surface area contributed by atoms with Crippen LogP contribution in [0.5, 0.6) is 0 Å². The zero-order valence-electron chi connectivity index (χ0n) is 11.5. The van der Waals surface area contributed by atoms with Crippen molar-refractivity contribution in [2.75, 3.05) is 0 Å². The number of thiophene rings is 1. The molecule has 2 rings (SSSR count). The molecule has 0 radical (unpaired) electrons. The van der Waals surface area contributed by atoms with Crippen molar-refractivity contribution in [3.8, 4) is 0 Å². The first kappa shape index (κ1) is 15.0. The zero-order valence-corrected chi connectivity index (χ0v) is 12.3. The third kappa shape index (κ3) is 4.29. The second kappa shape index (κ2) is 6.85. The molecule has 1 aromatic heterocycles. The molecule has 0 spiro atoms. The van der Waals surface area contributed by atoms with E-state index in [9.17, 15) is 9.59 Å². The van der Waals surface area contributed by atoms with E-state index in [2.05, 4.69) is 5.32 Å². The Balaban J connectivity index is 2.03. The van der Waals surface area contributed by atoms with Crippen molar-refractivity contribution in [1.29, 1.82) is 0 Å². The highest BCUT2D eigenvalue weighted by Gasteiger charge is 2.11. The summed E-state index contributed by atoms with van der Waals surface area (Å²) in [4.78, 5) is 24.0. The molecule has 21 heavy (non-hydrogen) atoms. The van der Waals surface area contributed by atoms with Crippen LogP contribution in [0.2, 0.25) is 0 Å². The van der Waals surface area contributed by atoms with Gasteiger partial charge in [0.05, 0.1) is 4.88 Å². The van der Waals surface area contributed by atoms with E-state index in [4.69, 9.17) is 5.11 Å². The van der Waals surface area contributed by atoms with Crippen molar-refractivity contribution in [2.45, 2.75) is 13.5 Å². The summed E-state index contributed by atoms with van der Waals surface area (Å²) in [6.45, 7) is 2.32. The fraction of sp³-hybridized carbons (Fsp3) is 0.125. The van der Waals surface area contributed by atoms with Gasteiger partial charge < -0.3 is 10.4 Å². The van der Waals surface area contributed by atoms with Crippen molar-refractivity contribution in [1.82, 2.24) is 5.32 Å². The van der Waals surface area contributed by atoms with Gasteiger partial charge in [0.2, 0.25) is 0 Å². The minimum absolute atomic E-state index is 0.151. The van der Waals surface area contributed by atoms with Crippen molar-refractivity contribution >= 4 is 29.3 Å². The van der Waals surface area contributed by atoms with Gasteiger partial charge in [-0.1, -0.05) is 30.3 Å². The lowest BCUT2D eigenvalue weighted by Gasteiger charge is -2.03. The molecule has 108 valence electrons. The van der Waals surface area contributed by atoms with Crippen molar-refractivity contribution in [2.24, 2.45) is 0 Å². The number of carboxylic acids is 1. The first-order valence-electron chi connectivity index (χ1n) is 6.40. The molecule has 5 heteroatoms. The predicted molar refractivity (Wildman–Crippen MR) is 83.3 cm³/mol. The van der Waals surface area contributed by atoms with Gasteiger partial charge in [-0.3, -0.25) is 4.79 Å². The van der Waals surface area contributed by atoms with E-state index in [1.807, 2.05) is 37.3 Å². The summed E-state index contributed by atoms with van der Waals surface area (Å²) in [7, 11) is 0. The zero-order chi connectivity index (χ0) is 15.2. The van der Waals surface area contributed by atoms with Crippen LogP contribution in [0.4, 0.5) is 0 Å². The average molecular weight is 301 g/mol. The fourth-order valence-electron chi connectivity index (χ4n) is 1.79. The van der Waals surface area contributed by atoms with E-state index in [0.717, 1.165) is 22.1 Å². The molecule has 0 aliphatic carbocycles. The van der Waals surface area contributed by atoms with Crippen LogP contribution in [0.3, 0.4) is 0 Å². The fourth-order valence-corrected chi connectivity index (χ4v) is 2.78. The van der Waals surface area contributed by atoms with E-state index in [0.29, 0.717) is 11.4 Å². The Kier molecular flexibility index (Phi) is 4.90. The number of carbonyl (C=O) groups is 2. The third-order valence-corrected chi connectivity index (χ3v) is 4.05. The Labute approximate surface area is 126 Å². The van der Waals surface area contributed by atoms with Gasteiger partial charge in [-0.25, -0.2) is 4.79 Å². The van der Waals surface area contributed by atoms with Gasteiger partial charge >= 0.3 is 5.97 Å². The molecule has 0 fully saturated rings. The molecule has 1 amide bonds. The van der Waals surface area contributed by atoms with E-state index in [-0.39, 0.29) is 5.91 Å². The number of rotatable bonds is 5. The summed E-state index contributed by atoms with van der Waals surface area (Å²) in [5.74, 6) is -1.15. The number of benzene rings is 1. The van der Waals surface area contributed by atoms with Crippen molar-refractivity contribution in [3.05, 3.63) is 63.4 Å². The van der Waals surface area contributed by atoms with E-state index in [1.165, 1.54) is 17.4 Å². The minimum atomic E-state index is -1.00. The Bertz CT molecular complexity index is 674. The average Bonchev–Trinajstić information content (AvgIpc) is 2.85. The molecule has 0 unspecified atom stereocenters. The molecule has 0 saturated carbocycles. The molecule has 1 aromatic carbocycles. The maximum absolute atomic E-state index is 12.1. The topological polar surface area (TPSA) is 66.4 Å². The van der Waals surface area contributed by atoms with Crippen LogP contribution in [-0.4, -0.2) is 17.0 Å². The summed E-state index contributed by atoms with van der Waals surface area (Å²) >= 11 is 1.28. The van der Waals surface area contributed by atoms with Gasteiger partial charge in [-0.2, -0.15) is 0 Å². The van der Waals surface area contributed by atoms with Crippen LogP contribution in [0, 0.1) is 6.92 Å². The monoisotopic (exact) mass is 301 g/mol. The van der Waals surface area contributed by atoms with Gasteiger partial charge in [0.15, 0.2) is 0 Å². The normalized spacial score (nSPS) is 10.7. The van der Waals surface area contributed by atoms with Crippen LogP contribution < -0.4 is 5.32 Å². The Morgan fingerprint density at radius 3 is 2.67 bits per heavy atom. The molecule has 2 aromatic rings. The molecular formula is C16H15NO3S. The summed E-state index contributed by atoms with van der Waals surface area (Å²) in [6, 6.07) is 11.4. The Morgan fingerprint density at radius 1 is 1.29 bits per heavy atom. The highest BCUT2D eigenvalue weighted by Crippen LogP contribution is 2.23. The molecule has 4 nitrogen and oxygen atoms in total. The maximum atomic E-state index is 12.1. The number of hydrogen-bond acceptors (Lipinski definition) is 3. The van der Waals surface area contributed by atoms with Gasteiger partial charge in [0.1, 0.15) is 0 Å². The highest BCUT2D eigenvalue weighted by atomic mass is 32.1. The minimum Gasteiger partial charge on any atom is -0.478 e. The van der Waals surface area contributed by atoms with Crippen LogP contribution in [0.1, 0.15) is 25.7 Å². The van der Waals surface area contributed by atoms with E-state index < -0.39 is 5.97 Å².